The maximum absolute atomic E-state index is 13.3. The summed E-state index contributed by atoms with van der Waals surface area (Å²) in [6.45, 7) is 4.27. The van der Waals surface area contributed by atoms with Crippen LogP contribution in [0.25, 0.3) is 0 Å². The number of hydrogen-bond donors (Lipinski definition) is 1. The fraction of sp³-hybridized carbons (Fsp3) is 0.481. The van der Waals surface area contributed by atoms with E-state index in [2.05, 4.69) is 5.32 Å². The molecule has 0 spiro atoms. The molecular weight excluding hydrogens is 416 g/mol. The van der Waals surface area contributed by atoms with E-state index in [0.29, 0.717) is 30.9 Å². The molecule has 6 heteroatoms. The second-order valence-corrected chi connectivity index (χ2v) is 8.86. The third-order valence-electron chi connectivity index (χ3n) is 6.42. The first kappa shape index (κ1) is 24.6. The van der Waals surface area contributed by atoms with Gasteiger partial charge in [-0.1, -0.05) is 48.7 Å². The number of rotatable bonds is 10. The fourth-order valence-corrected chi connectivity index (χ4v) is 4.30. The topological polar surface area (TPSA) is 67.9 Å². The Labute approximate surface area is 197 Å². The van der Waals surface area contributed by atoms with E-state index in [4.69, 9.17) is 9.47 Å². The van der Waals surface area contributed by atoms with Gasteiger partial charge in [-0.2, -0.15) is 0 Å². The Hall–Kier alpha value is -3.02. The third kappa shape index (κ3) is 6.73. The van der Waals surface area contributed by atoms with Gasteiger partial charge in [-0.05, 0) is 56.4 Å². The van der Waals surface area contributed by atoms with Crippen LogP contribution in [0.4, 0.5) is 0 Å². The molecule has 1 aliphatic rings. The number of ether oxygens (including phenoxy) is 2. The molecular formula is C27H36N2O4. The predicted molar refractivity (Wildman–Crippen MR) is 129 cm³/mol. The summed E-state index contributed by atoms with van der Waals surface area (Å²) in [6.07, 6.45) is 5.20. The lowest BCUT2D eigenvalue weighted by Gasteiger charge is -2.30. The number of aryl methyl sites for hydroxylation is 2. The highest BCUT2D eigenvalue weighted by Crippen LogP contribution is 2.28. The molecule has 33 heavy (non-hydrogen) atoms. The molecule has 1 fully saturated rings. The maximum atomic E-state index is 13.3. The summed E-state index contributed by atoms with van der Waals surface area (Å²) in [5.41, 5.74) is 3.16. The number of carbonyl (C=O) groups is 2. The first-order chi connectivity index (χ1) is 15.9. The lowest BCUT2D eigenvalue weighted by atomic mass is 10.1. The highest BCUT2D eigenvalue weighted by molar-refractivity contribution is 5.87. The zero-order valence-corrected chi connectivity index (χ0v) is 20.2. The van der Waals surface area contributed by atoms with E-state index < -0.39 is 6.04 Å². The van der Waals surface area contributed by atoms with Crippen LogP contribution >= 0.6 is 0 Å². The maximum Gasteiger partial charge on any atom is 0.242 e. The molecule has 0 aliphatic heterocycles. The summed E-state index contributed by atoms with van der Waals surface area (Å²) in [5, 5.41) is 3.15. The van der Waals surface area contributed by atoms with Crippen molar-refractivity contribution < 1.29 is 19.1 Å². The van der Waals surface area contributed by atoms with Crippen molar-refractivity contribution in [3.63, 3.8) is 0 Å². The Bertz CT molecular complexity index is 936. The highest BCUT2D eigenvalue weighted by Gasteiger charge is 2.28. The molecule has 0 heterocycles. The van der Waals surface area contributed by atoms with Gasteiger partial charge < -0.3 is 19.7 Å². The van der Waals surface area contributed by atoms with Crippen LogP contribution in [0.15, 0.2) is 42.5 Å². The van der Waals surface area contributed by atoms with Crippen LogP contribution in [0.2, 0.25) is 0 Å². The minimum Gasteiger partial charge on any atom is -0.493 e. The Morgan fingerprint density at radius 3 is 2.27 bits per heavy atom. The fourth-order valence-electron chi connectivity index (χ4n) is 4.30. The summed E-state index contributed by atoms with van der Waals surface area (Å²) < 4.78 is 10.7. The number of methoxy groups -OCH3 is 2. The first-order valence-corrected chi connectivity index (χ1v) is 11.8. The zero-order chi connectivity index (χ0) is 23.8. The second kappa shape index (κ2) is 11.7. The van der Waals surface area contributed by atoms with Crippen molar-refractivity contribution in [2.45, 2.75) is 71.0 Å². The van der Waals surface area contributed by atoms with Gasteiger partial charge in [0.25, 0.3) is 0 Å². The highest BCUT2D eigenvalue weighted by atomic mass is 16.5. The van der Waals surface area contributed by atoms with Crippen LogP contribution < -0.4 is 14.8 Å². The zero-order valence-electron chi connectivity index (χ0n) is 20.2. The summed E-state index contributed by atoms with van der Waals surface area (Å²) >= 11 is 0. The standard InChI is InChI=1S/C27H36N2O4/c1-19-9-11-22(12-10-19)18-29(20(2)27(31)28-23-7-5-6-8-23)26(30)16-14-21-13-15-24(32-3)25(17-21)33-4/h9-13,15,17,20,23H,5-8,14,16,18H2,1-4H3,(H,28,31)/t20-/m0/s1. The van der Waals surface area contributed by atoms with Gasteiger partial charge in [0.05, 0.1) is 14.2 Å². The molecule has 0 unspecified atom stereocenters. The van der Waals surface area contributed by atoms with Crippen LogP contribution in [0.5, 0.6) is 11.5 Å². The van der Waals surface area contributed by atoms with E-state index in [1.807, 2.05) is 56.3 Å². The number of amides is 2. The van der Waals surface area contributed by atoms with Crippen molar-refractivity contribution in [1.29, 1.82) is 0 Å². The lowest BCUT2D eigenvalue weighted by Crippen LogP contribution is -2.49. The lowest BCUT2D eigenvalue weighted by molar-refractivity contribution is -0.140. The SMILES string of the molecule is COc1ccc(CCC(=O)N(Cc2ccc(C)cc2)[C@@H](C)C(=O)NC2CCCC2)cc1OC. The van der Waals surface area contributed by atoms with E-state index in [1.54, 1.807) is 19.1 Å². The smallest absolute Gasteiger partial charge is 0.242 e. The molecule has 3 rings (SSSR count). The van der Waals surface area contributed by atoms with Gasteiger partial charge in [0.2, 0.25) is 11.8 Å². The molecule has 178 valence electrons. The Morgan fingerprint density at radius 2 is 1.64 bits per heavy atom. The van der Waals surface area contributed by atoms with Crippen molar-refractivity contribution >= 4 is 11.8 Å². The minimum atomic E-state index is -0.537. The summed E-state index contributed by atoms with van der Waals surface area (Å²) in [4.78, 5) is 28.0. The van der Waals surface area contributed by atoms with Gasteiger partial charge >= 0.3 is 0 Å². The van der Waals surface area contributed by atoms with E-state index in [9.17, 15) is 9.59 Å². The summed E-state index contributed by atoms with van der Waals surface area (Å²) in [6, 6.07) is 13.5. The Kier molecular flexibility index (Phi) is 8.75. The van der Waals surface area contributed by atoms with Crippen molar-refractivity contribution in [1.82, 2.24) is 10.2 Å². The van der Waals surface area contributed by atoms with Crippen molar-refractivity contribution in [3.8, 4) is 11.5 Å². The van der Waals surface area contributed by atoms with Gasteiger partial charge in [0.1, 0.15) is 6.04 Å². The van der Waals surface area contributed by atoms with Crippen molar-refractivity contribution in [3.05, 3.63) is 59.2 Å². The molecule has 2 amide bonds. The van der Waals surface area contributed by atoms with Crippen LogP contribution in [0.3, 0.4) is 0 Å². The third-order valence-corrected chi connectivity index (χ3v) is 6.42. The number of nitrogens with zero attached hydrogens (tertiary/aromatic N) is 1. The molecule has 6 nitrogen and oxygen atoms in total. The quantitative estimate of drug-likeness (QED) is 0.579. The molecule has 2 aromatic rings. The largest absolute Gasteiger partial charge is 0.493 e. The molecule has 0 bridgehead atoms. The molecule has 0 radical (unpaired) electrons. The van der Waals surface area contributed by atoms with Crippen LogP contribution in [-0.2, 0) is 22.6 Å². The monoisotopic (exact) mass is 452 g/mol. The van der Waals surface area contributed by atoms with E-state index in [0.717, 1.165) is 42.4 Å². The van der Waals surface area contributed by atoms with Gasteiger partial charge in [-0.3, -0.25) is 9.59 Å². The first-order valence-electron chi connectivity index (χ1n) is 11.8. The number of benzene rings is 2. The molecule has 1 atom stereocenters. The van der Waals surface area contributed by atoms with E-state index in [1.165, 1.54) is 0 Å². The average Bonchev–Trinajstić information content (AvgIpc) is 3.34. The summed E-state index contributed by atoms with van der Waals surface area (Å²) in [7, 11) is 3.20. The minimum absolute atomic E-state index is 0.0422. The Morgan fingerprint density at radius 1 is 1.00 bits per heavy atom. The van der Waals surface area contributed by atoms with Crippen molar-refractivity contribution in [2.75, 3.05) is 14.2 Å². The van der Waals surface area contributed by atoms with Crippen molar-refractivity contribution in [2.24, 2.45) is 0 Å². The van der Waals surface area contributed by atoms with Gasteiger partial charge in [-0.25, -0.2) is 0 Å². The normalized spacial score (nSPS) is 14.5. The molecule has 2 aromatic carbocycles. The van der Waals surface area contributed by atoms with E-state index >= 15 is 0 Å². The molecule has 1 aliphatic carbocycles. The van der Waals surface area contributed by atoms with Crippen LogP contribution in [-0.4, -0.2) is 43.0 Å². The van der Waals surface area contributed by atoms with Gasteiger partial charge in [-0.15, -0.1) is 0 Å². The molecule has 1 N–H and O–H groups in total. The molecule has 0 saturated heterocycles. The average molecular weight is 453 g/mol. The molecule has 1 saturated carbocycles. The number of carbonyl (C=O) groups excluding carboxylic acids is 2. The number of nitrogens with one attached hydrogen (secondary N) is 1. The molecule has 0 aromatic heterocycles. The van der Waals surface area contributed by atoms with Gasteiger partial charge in [0, 0.05) is 19.0 Å². The Balaban J connectivity index is 1.71. The predicted octanol–water partition coefficient (Wildman–Crippen LogP) is 4.42. The second-order valence-electron chi connectivity index (χ2n) is 8.86. The summed E-state index contributed by atoms with van der Waals surface area (Å²) in [5.74, 6) is 1.18. The van der Waals surface area contributed by atoms with Crippen LogP contribution in [0.1, 0.15) is 55.7 Å². The number of hydrogen-bond acceptors (Lipinski definition) is 4. The van der Waals surface area contributed by atoms with Gasteiger partial charge in [0.15, 0.2) is 11.5 Å². The van der Waals surface area contributed by atoms with E-state index in [-0.39, 0.29) is 17.9 Å². The van der Waals surface area contributed by atoms with Crippen LogP contribution in [0, 0.1) is 6.92 Å².